The van der Waals surface area contributed by atoms with Crippen LogP contribution in [0.4, 0.5) is 0 Å². The van der Waals surface area contributed by atoms with Gasteiger partial charge in [-0.3, -0.25) is 4.79 Å². The number of carbonyl (C=O) groups excluding carboxylic acids is 1. The predicted octanol–water partition coefficient (Wildman–Crippen LogP) is 2.18. The maximum atomic E-state index is 12.0. The lowest BCUT2D eigenvalue weighted by molar-refractivity contribution is -0.120. The van der Waals surface area contributed by atoms with Gasteiger partial charge in [-0.05, 0) is 19.4 Å². The van der Waals surface area contributed by atoms with Crippen molar-refractivity contribution in [1.29, 1.82) is 0 Å². The van der Waals surface area contributed by atoms with Gasteiger partial charge in [0.05, 0.1) is 11.4 Å². The molecule has 1 amide bonds. The first-order chi connectivity index (χ1) is 10.1. The average Bonchev–Trinajstić information content (AvgIpc) is 2.98. The molecule has 112 valence electrons. The molecule has 0 saturated carbocycles. The monoisotopic (exact) mass is 323 g/mol. The molecule has 0 bridgehead atoms. The molecule has 1 aromatic carbocycles. The van der Waals surface area contributed by atoms with Crippen LogP contribution in [0.15, 0.2) is 34.1 Å². The lowest BCUT2D eigenvalue weighted by Gasteiger charge is -2.14. The molecule has 0 aliphatic carbocycles. The van der Waals surface area contributed by atoms with Crippen molar-refractivity contribution in [2.75, 3.05) is 6.54 Å². The normalized spacial score (nSPS) is 13.7. The van der Waals surface area contributed by atoms with Gasteiger partial charge in [0.1, 0.15) is 5.51 Å². The molecular weight excluding hydrogens is 306 g/mol. The van der Waals surface area contributed by atoms with Crippen LogP contribution in [0.5, 0.6) is 0 Å². The summed E-state index contributed by atoms with van der Waals surface area (Å²) in [5.41, 5.74) is 3.57. The van der Waals surface area contributed by atoms with Crippen molar-refractivity contribution in [2.24, 2.45) is 0 Å². The highest BCUT2D eigenvalue weighted by molar-refractivity contribution is 8.02. The fraction of sp³-hybridized carbons (Fsp3) is 0.357. The van der Waals surface area contributed by atoms with Crippen molar-refractivity contribution in [3.63, 3.8) is 0 Å². The van der Waals surface area contributed by atoms with Crippen LogP contribution in [0, 0.1) is 6.92 Å². The van der Waals surface area contributed by atoms with E-state index in [1.807, 2.05) is 31.2 Å². The molecule has 0 aliphatic rings. The van der Waals surface area contributed by atoms with Gasteiger partial charge in [0, 0.05) is 6.54 Å². The fourth-order valence-electron chi connectivity index (χ4n) is 1.67. The Balaban J connectivity index is 1.81. The highest BCUT2D eigenvalue weighted by Gasteiger charge is 2.17. The van der Waals surface area contributed by atoms with Crippen LogP contribution in [0.2, 0.25) is 0 Å². The number of benzene rings is 1. The molecule has 2 atom stereocenters. The summed E-state index contributed by atoms with van der Waals surface area (Å²) in [6.07, 6.45) is -0.701. The van der Waals surface area contributed by atoms with E-state index in [2.05, 4.69) is 15.5 Å². The van der Waals surface area contributed by atoms with E-state index >= 15 is 0 Å². The van der Waals surface area contributed by atoms with Gasteiger partial charge in [-0.25, -0.2) is 0 Å². The van der Waals surface area contributed by atoms with Crippen LogP contribution in [-0.2, 0) is 4.79 Å². The number of aryl methyl sites for hydroxylation is 1. The largest absolute Gasteiger partial charge is 0.387 e. The first-order valence-corrected chi connectivity index (χ1v) is 8.27. The third-order valence-electron chi connectivity index (χ3n) is 2.92. The van der Waals surface area contributed by atoms with Crippen LogP contribution >= 0.6 is 23.1 Å². The zero-order valence-electron chi connectivity index (χ0n) is 11.8. The Morgan fingerprint density at radius 3 is 2.76 bits per heavy atom. The number of aliphatic hydroxyl groups is 1. The van der Waals surface area contributed by atoms with E-state index in [-0.39, 0.29) is 17.7 Å². The third kappa shape index (κ3) is 4.80. The van der Waals surface area contributed by atoms with Crippen molar-refractivity contribution in [2.45, 2.75) is 29.5 Å². The van der Waals surface area contributed by atoms with Crippen molar-refractivity contribution < 1.29 is 9.90 Å². The Morgan fingerprint density at radius 2 is 2.14 bits per heavy atom. The molecule has 0 fully saturated rings. The molecule has 5 nitrogen and oxygen atoms in total. The van der Waals surface area contributed by atoms with Crippen LogP contribution < -0.4 is 5.32 Å². The molecule has 1 heterocycles. The van der Waals surface area contributed by atoms with Gasteiger partial charge in [-0.2, -0.15) is 0 Å². The van der Waals surface area contributed by atoms with Gasteiger partial charge in [0.15, 0.2) is 4.34 Å². The maximum absolute atomic E-state index is 12.0. The standard InChI is InChI=1S/C14H17N3O2S2/c1-9-3-5-11(6-4-9)12(18)7-15-13(19)10(2)21-14-17-16-8-20-14/h3-6,8,10,12,18H,7H2,1-2H3,(H,15,19)/t10-,12-/m0/s1. The predicted molar refractivity (Wildman–Crippen MR) is 84.4 cm³/mol. The number of nitrogens with zero attached hydrogens (tertiary/aromatic N) is 2. The van der Waals surface area contributed by atoms with Crippen LogP contribution in [0.1, 0.15) is 24.2 Å². The van der Waals surface area contributed by atoms with E-state index in [0.717, 1.165) is 15.5 Å². The fourth-order valence-corrected chi connectivity index (χ4v) is 3.32. The van der Waals surface area contributed by atoms with E-state index in [9.17, 15) is 9.90 Å². The molecule has 2 rings (SSSR count). The van der Waals surface area contributed by atoms with Gasteiger partial charge in [-0.1, -0.05) is 52.9 Å². The number of aliphatic hydroxyl groups excluding tert-OH is 1. The molecule has 7 heteroatoms. The van der Waals surface area contributed by atoms with Gasteiger partial charge >= 0.3 is 0 Å². The molecule has 0 unspecified atom stereocenters. The topological polar surface area (TPSA) is 75.1 Å². The summed E-state index contributed by atoms with van der Waals surface area (Å²) in [5, 5.41) is 20.2. The Morgan fingerprint density at radius 1 is 1.43 bits per heavy atom. The van der Waals surface area contributed by atoms with Gasteiger partial charge < -0.3 is 10.4 Å². The smallest absolute Gasteiger partial charge is 0.233 e. The summed E-state index contributed by atoms with van der Waals surface area (Å²) in [6.45, 7) is 3.99. The van der Waals surface area contributed by atoms with Crippen LogP contribution in [-0.4, -0.2) is 33.0 Å². The van der Waals surface area contributed by atoms with Crippen LogP contribution in [0.25, 0.3) is 0 Å². The van der Waals surface area contributed by atoms with Crippen molar-refractivity contribution >= 4 is 29.0 Å². The molecule has 21 heavy (non-hydrogen) atoms. The van der Waals surface area contributed by atoms with Gasteiger partial charge in [0.2, 0.25) is 5.91 Å². The quantitative estimate of drug-likeness (QED) is 0.797. The minimum Gasteiger partial charge on any atom is -0.387 e. The molecule has 0 radical (unpaired) electrons. The Bertz CT molecular complexity index is 572. The first kappa shape index (κ1) is 15.9. The first-order valence-electron chi connectivity index (χ1n) is 6.51. The maximum Gasteiger partial charge on any atom is 0.233 e. The molecular formula is C14H17N3O2S2. The van der Waals surface area contributed by atoms with Crippen molar-refractivity contribution in [3.8, 4) is 0 Å². The number of thioether (sulfide) groups is 1. The lowest BCUT2D eigenvalue weighted by Crippen LogP contribution is -2.34. The van der Waals surface area contributed by atoms with E-state index in [1.165, 1.54) is 23.1 Å². The molecule has 0 aliphatic heterocycles. The average molecular weight is 323 g/mol. The molecule has 2 aromatic rings. The highest BCUT2D eigenvalue weighted by atomic mass is 32.2. The number of carbonyl (C=O) groups is 1. The number of nitrogens with one attached hydrogen (secondary N) is 1. The summed E-state index contributed by atoms with van der Waals surface area (Å²) >= 11 is 2.76. The molecule has 2 N–H and O–H groups in total. The number of hydrogen-bond acceptors (Lipinski definition) is 6. The summed E-state index contributed by atoms with van der Waals surface area (Å²) in [6, 6.07) is 7.61. The number of hydrogen-bond donors (Lipinski definition) is 2. The minimum atomic E-state index is -0.701. The zero-order valence-corrected chi connectivity index (χ0v) is 13.4. The number of amides is 1. The van der Waals surface area contributed by atoms with Crippen molar-refractivity contribution in [1.82, 2.24) is 15.5 Å². The summed E-state index contributed by atoms with van der Waals surface area (Å²) in [4.78, 5) is 12.0. The second kappa shape index (κ2) is 7.53. The molecule has 0 saturated heterocycles. The van der Waals surface area contributed by atoms with Crippen LogP contribution in [0.3, 0.4) is 0 Å². The number of aromatic nitrogens is 2. The zero-order chi connectivity index (χ0) is 15.2. The molecule has 0 spiro atoms. The summed E-state index contributed by atoms with van der Waals surface area (Å²) < 4.78 is 0.761. The Hall–Kier alpha value is -1.44. The third-order valence-corrected chi connectivity index (χ3v) is 4.83. The van der Waals surface area contributed by atoms with E-state index < -0.39 is 6.10 Å². The van der Waals surface area contributed by atoms with E-state index in [4.69, 9.17) is 0 Å². The van der Waals surface area contributed by atoms with Gasteiger partial charge in [-0.15, -0.1) is 10.2 Å². The second-order valence-corrected chi connectivity index (χ2v) is 7.06. The second-order valence-electron chi connectivity index (χ2n) is 4.64. The Kier molecular flexibility index (Phi) is 5.72. The minimum absolute atomic E-state index is 0.124. The van der Waals surface area contributed by atoms with E-state index in [1.54, 1.807) is 12.4 Å². The molecule has 1 aromatic heterocycles. The Labute approximate surface area is 131 Å². The van der Waals surface area contributed by atoms with Gasteiger partial charge in [0.25, 0.3) is 0 Å². The number of rotatable bonds is 6. The van der Waals surface area contributed by atoms with E-state index in [0.29, 0.717) is 0 Å². The summed E-state index contributed by atoms with van der Waals surface area (Å²) in [5.74, 6) is -0.124. The highest BCUT2D eigenvalue weighted by Crippen LogP contribution is 2.24. The van der Waals surface area contributed by atoms with Crippen molar-refractivity contribution in [3.05, 3.63) is 40.9 Å². The SMILES string of the molecule is Cc1ccc([C@@H](O)CNC(=O)[C@H](C)Sc2nncs2)cc1. The summed E-state index contributed by atoms with van der Waals surface area (Å²) in [7, 11) is 0. The lowest BCUT2D eigenvalue weighted by atomic mass is 10.1.